The maximum atomic E-state index is 13.7. The molecule has 27 heavy (non-hydrogen) atoms. The first-order valence-corrected chi connectivity index (χ1v) is 9.52. The van der Waals surface area contributed by atoms with Gasteiger partial charge in [-0.05, 0) is 55.0 Å². The van der Waals surface area contributed by atoms with Crippen molar-refractivity contribution < 1.29 is 17.5 Å². The van der Waals surface area contributed by atoms with E-state index in [4.69, 9.17) is 4.74 Å². The second kappa shape index (κ2) is 7.63. The number of rotatable bonds is 6. The van der Waals surface area contributed by atoms with Crippen LogP contribution in [0, 0.1) is 12.7 Å². The minimum Gasteiger partial charge on any atom is -0.497 e. The lowest BCUT2D eigenvalue weighted by Gasteiger charge is -2.12. The summed E-state index contributed by atoms with van der Waals surface area (Å²) in [5, 5.41) is 2.84. The van der Waals surface area contributed by atoms with Gasteiger partial charge in [-0.3, -0.25) is 4.72 Å². The van der Waals surface area contributed by atoms with Crippen LogP contribution in [0.15, 0.2) is 65.7 Å². The summed E-state index contributed by atoms with van der Waals surface area (Å²) in [4.78, 5) is 4.27. The van der Waals surface area contributed by atoms with Crippen LogP contribution in [0.4, 0.5) is 21.6 Å². The van der Waals surface area contributed by atoms with E-state index in [1.807, 2.05) is 0 Å². The molecule has 0 saturated heterocycles. The first-order chi connectivity index (χ1) is 12.9. The summed E-state index contributed by atoms with van der Waals surface area (Å²) < 4.78 is 46.4. The van der Waals surface area contributed by atoms with Gasteiger partial charge >= 0.3 is 0 Å². The van der Waals surface area contributed by atoms with Gasteiger partial charge in [0, 0.05) is 0 Å². The standard InChI is InChI=1S/C19H18FN3O3S/c1-13-11-15(26-2)8-9-18(13)27(24,25)23-14-7-10-19(21-12-14)22-17-6-4-3-5-16(17)20/h3-12,23H,1-2H3,(H,21,22). The Hall–Kier alpha value is -3.13. The van der Waals surface area contributed by atoms with Crippen molar-refractivity contribution in [3.63, 3.8) is 0 Å². The van der Waals surface area contributed by atoms with Crippen LogP contribution in [-0.2, 0) is 10.0 Å². The monoisotopic (exact) mass is 387 g/mol. The van der Waals surface area contributed by atoms with E-state index in [0.717, 1.165) is 0 Å². The van der Waals surface area contributed by atoms with Crippen molar-refractivity contribution in [2.24, 2.45) is 0 Å². The molecule has 0 amide bonds. The van der Waals surface area contributed by atoms with Crippen molar-refractivity contribution in [2.75, 3.05) is 17.1 Å². The number of anilines is 3. The highest BCUT2D eigenvalue weighted by Gasteiger charge is 2.17. The quantitative estimate of drug-likeness (QED) is 0.666. The Morgan fingerprint density at radius 1 is 1.07 bits per heavy atom. The molecule has 3 rings (SSSR count). The normalized spacial score (nSPS) is 11.1. The van der Waals surface area contributed by atoms with E-state index in [0.29, 0.717) is 22.8 Å². The smallest absolute Gasteiger partial charge is 0.262 e. The van der Waals surface area contributed by atoms with E-state index in [1.54, 1.807) is 49.4 Å². The zero-order valence-electron chi connectivity index (χ0n) is 14.7. The number of benzene rings is 2. The number of pyridine rings is 1. The van der Waals surface area contributed by atoms with E-state index in [9.17, 15) is 12.8 Å². The van der Waals surface area contributed by atoms with Crippen molar-refractivity contribution in [2.45, 2.75) is 11.8 Å². The Bertz CT molecular complexity index is 1050. The molecule has 2 N–H and O–H groups in total. The Kier molecular flexibility index (Phi) is 5.27. The minimum atomic E-state index is -3.77. The molecule has 0 saturated carbocycles. The molecule has 0 fully saturated rings. The first kappa shape index (κ1) is 18.7. The predicted molar refractivity (Wildman–Crippen MR) is 102 cm³/mol. The summed E-state index contributed by atoms with van der Waals surface area (Å²) in [5.41, 5.74) is 1.14. The van der Waals surface area contributed by atoms with Crippen molar-refractivity contribution in [3.05, 3.63) is 72.2 Å². The number of nitrogens with one attached hydrogen (secondary N) is 2. The Morgan fingerprint density at radius 2 is 1.85 bits per heavy atom. The van der Waals surface area contributed by atoms with E-state index < -0.39 is 15.8 Å². The van der Waals surface area contributed by atoms with Crippen molar-refractivity contribution >= 4 is 27.2 Å². The molecule has 140 valence electrons. The van der Waals surface area contributed by atoms with Crippen LogP contribution in [-0.4, -0.2) is 20.5 Å². The molecule has 2 aromatic carbocycles. The van der Waals surface area contributed by atoms with Crippen molar-refractivity contribution in [1.82, 2.24) is 4.98 Å². The average molecular weight is 387 g/mol. The van der Waals surface area contributed by atoms with Crippen molar-refractivity contribution in [1.29, 1.82) is 0 Å². The van der Waals surface area contributed by atoms with Gasteiger partial charge in [0.1, 0.15) is 17.4 Å². The second-order valence-corrected chi connectivity index (χ2v) is 7.42. The van der Waals surface area contributed by atoms with Gasteiger partial charge in [-0.15, -0.1) is 0 Å². The number of hydrogen-bond donors (Lipinski definition) is 2. The third-order valence-corrected chi connectivity index (χ3v) is 5.37. The topological polar surface area (TPSA) is 80.3 Å². The highest BCUT2D eigenvalue weighted by atomic mass is 32.2. The van der Waals surface area contributed by atoms with Gasteiger partial charge in [0.15, 0.2) is 0 Å². The average Bonchev–Trinajstić information content (AvgIpc) is 2.64. The molecule has 1 heterocycles. The molecule has 0 aliphatic carbocycles. The molecule has 0 aliphatic rings. The van der Waals surface area contributed by atoms with Gasteiger partial charge in [0.2, 0.25) is 0 Å². The zero-order chi connectivity index (χ0) is 19.4. The number of sulfonamides is 1. The SMILES string of the molecule is COc1ccc(S(=O)(=O)Nc2ccc(Nc3ccccc3F)nc2)c(C)c1. The fourth-order valence-corrected chi connectivity index (χ4v) is 3.76. The van der Waals surface area contributed by atoms with Crippen LogP contribution in [0.3, 0.4) is 0 Å². The summed E-state index contributed by atoms with van der Waals surface area (Å²) in [6.07, 6.45) is 1.36. The number of para-hydroxylation sites is 1. The molecule has 0 atom stereocenters. The fourth-order valence-electron chi connectivity index (χ4n) is 2.49. The number of hydrogen-bond acceptors (Lipinski definition) is 5. The number of nitrogens with zero attached hydrogens (tertiary/aromatic N) is 1. The summed E-state index contributed by atoms with van der Waals surface area (Å²) >= 11 is 0. The summed E-state index contributed by atoms with van der Waals surface area (Å²) in [6, 6.07) is 14.0. The number of ether oxygens (including phenoxy) is 1. The van der Waals surface area contributed by atoms with E-state index in [2.05, 4.69) is 15.0 Å². The van der Waals surface area contributed by atoms with Crippen LogP contribution >= 0.6 is 0 Å². The van der Waals surface area contributed by atoms with Crippen LogP contribution in [0.2, 0.25) is 0 Å². The minimum absolute atomic E-state index is 0.150. The lowest BCUT2D eigenvalue weighted by Crippen LogP contribution is -2.14. The number of halogens is 1. The molecule has 0 aliphatic heterocycles. The molecule has 0 unspecified atom stereocenters. The van der Waals surface area contributed by atoms with Crippen LogP contribution in [0.5, 0.6) is 5.75 Å². The Morgan fingerprint density at radius 3 is 2.48 bits per heavy atom. The molecule has 0 radical (unpaired) electrons. The first-order valence-electron chi connectivity index (χ1n) is 8.04. The summed E-state index contributed by atoms with van der Waals surface area (Å²) in [7, 11) is -2.26. The van der Waals surface area contributed by atoms with Crippen molar-refractivity contribution in [3.8, 4) is 5.75 Å². The lowest BCUT2D eigenvalue weighted by molar-refractivity contribution is 0.414. The van der Waals surface area contributed by atoms with Gasteiger partial charge in [-0.25, -0.2) is 17.8 Å². The van der Waals surface area contributed by atoms with E-state index in [1.165, 1.54) is 25.4 Å². The third kappa shape index (κ3) is 4.35. The number of aryl methyl sites for hydroxylation is 1. The van der Waals surface area contributed by atoms with Gasteiger partial charge in [0.05, 0.1) is 29.6 Å². The lowest BCUT2D eigenvalue weighted by atomic mass is 10.2. The molecule has 6 nitrogen and oxygen atoms in total. The van der Waals surface area contributed by atoms with Gasteiger partial charge < -0.3 is 10.1 Å². The van der Waals surface area contributed by atoms with E-state index >= 15 is 0 Å². The van der Waals surface area contributed by atoms with Crippen LogP contribution < -0.4 is 14.8 Å². The molecule has 8 heteroatoms. The summed E-state index contributed by atoms with van der Waals surface area (Å²) in [5.74, 6) is 0.569. The molecular weight excluding hydrogens is 369 g/mol. The molecule has 0 bridgehead atoms. The molecular formula is C19H18FN3O3S. The van der Waals surface area contributed by atoms with E-state index in [-0.39, 0.29) is 10.6 Å². The van der Waals surface area contributed by atoms with Crippen LogP contribution in [0.1, 0.15) is 5.56 Å². The van der Waals surface area contributed by atoms with Gasteiger partial charge in [-0.2, -0.15) is 0 Å². The number of methoxy groups -OCH3 is 1. The maximum absolute atomic E-state index is 13.7. The molecule has 0 spiro atoms. The van der Waals surface area contributed by atoms with Gasteiger partial charge in [-0.1, -0.05) is 12.1 Å². The fraction of sp³-hybridized carbons (Fsp3) is 0.105. The van der Waals surface area contributed by atoms with Gasteiger partial charge in [0.25, 0.3) is 10.0 Å². The molecule has 3 aromatic rings. The summed E-state index contributed by atoms with van der Waals surface area (Å²) in [6.45, 7) is 1.69. The highest BCUT2D eigenvalue weighted by Crippen LogP contribution is 2.24. The largest absolute Gasteiger partial charge is 0.497 e. The highest BCUT2D eigenvalue weighted by molar-refractivity contribution is 7.92. The zero-order valence-corrected chi connectivity index (χ0v) is 15.5. The second-order valence-electron chi connectivity index (χ2n) is 5.77. The maximum Gasteiger partial charge on any atom is 0.262 e. The number of aromatic nitrogens is 1. The Balaban J connectivity index is 1.77. The Labute approximate surface area is 157 Å². The third-order valence-electron chi connectivity index (χ3n) is 3.82. The molecule has 1 aromatic heterocycles. The van der Waals surface area contributed by atoms with Crippen LogP contribution in [0.25, 0.3) is 0 Å². The predicted octanol–water partition coefficient (Wildman–Crippen LogP) is 4.08.